The average Bonchev–Trinajstić information content (AvgIpc) is 2.27. The highest BCUT2D eigenvalue weighted by Gasteiger charge is 2.06. The molecule has 0 aliphatic heterocycles. The Morgan fingerprint density at radius 1 is 1.00 bits per heavy atom. The summed E-state index contributed by atoms with van der Waals surface area (Å²) in [6, 6.07) is 0. The molecule has 0 heterocycles. The van der Waals surface area contributed by atoms with Crippen LogP contribution in [0.3, 0.4) is 0 Å². The van der Waals surface area contributed by atoms with Gasteiger partial charge in [0.15, 0.2) is 0 Å². The van der Waals surface area contributed by atoms with E-state index in [1.807, 2.05) is 0 Å². The monoisotopic (exact) mass is 214 g/mol. The zero-order valence-electron chi connectivity index (χ0n) is 11.0. The summed E-state index contributed by atoms with van der Waals surface area (Å²) < 4.78 is 0. The van der Waals surface area contributed by atoms with E-state index in [1.54, 1.807) is 0 Å². The third-order valence-electron chi connectivity index (χ3n) is 3.00. The van der Waals surface area contributed by atoms with Crippen LogP contribution in [0.25, 0.3) is 0 Å². The Labute approximate surface area is 96.2 Å². The van der Waals surface area contributed by atoms with Gasteiger partial charge in [-0.15, -0.1) is 0 Å². The first-order valence-corrected chi connectivity index (χ1v) is 6.66. The molecule has 0 bridgehead atoms. The maximum atomic E-state index is 5.64. The van der Waals surface area contributed by atoms with Crippen molar-refractivity contribution in [3.63, 3.8) is 0 Å². The lowest BCUT2D eigenvalue weighted by molar-refractivity contribution is 0.248. The van der Waals surface area contributed by atoms with Gasteiger partial charge in [-0.25, -0.2) is 0 Å². The van der Waals surface area contributed by atoms with Crippen molar-refractivity contribution in [1.29, 1.82) is 0 Å². The number of hydrogen-bond donors (Lipinski definition) is 1. The maximum absolute atomic E-state index is 5.64. The molecular formula is C13H30N2. The molecule has 0 rings (SSSR count). The predicted octanol–water partition coefficient (Wildman–Crippen LogP) is 2.87. The maximum Gasteiger partial charge on any atom is -0.00157 e. The molecule has 0 aromatic heterocycles. The highest BCUT2D eigenvalue weighted by molar-refractivity contribution is 4.61. The zero-order valence-corrected chi connectivity index (χ0v) is 11.0. The number of nitrogens with zero attached hydrogens (tertiary/aromatic N) is 1. The molecule has 0 radical (unpaired) electrons. The minimum atomic E-state index is 0.677. The lowest BCUT2D eigenvalue weighted by Crippen LogP contribution is -2.29. The molecule has 0 spiro atoms. The van der Waals surface area contributed by atoms with Crippen molar-refractivity contribution in [2.75, 3.05) is 26.2 Å². The highest BCUT2D eigenvalue weighted by Crippen LogP contribution is 2.05. The van der Waals surface area contributed by atoms with E-state index in [0.29, 0.717) is 5.92 Å². The first-order valence-electron chi connectivity index (χ1n) is 6.66. The van der Waals surface area contributed by atoms with Crippen LogP contribution >= 0.6 is 0 Å². The van der Waals surface area contributed by atoms with Gasteiger partial charge in [0.2, 0.25) is 0 Å². The van der Waals surface area contributed by atoms with Crippen molar-refractivity contribution in [1.82, 2.24) is 4.90 Å². The first-order chi connectivity index (χ1) is 7.24. The Bertz CT molecular complexity index is 118. The van der Waals surface area contributed by atoms with Crippen LogP contribution in [0.15, 0.2) is 0 Å². The molecule has 0 aromatic carbocycles. The molecule has 0 amide bonds. The average molecular weight is 214 g/mol. The molecule has 0 saturated carbocycles. The van der Waals surface area contributed by atoms with Crippen LogP contribution in [0.1, 0.15) is 52.9 Å². The minimum absolute atomic E-state index is 0.677. The second kappa shape index (κ2) is 10.4. The van der Waals surface area contributed by atoms with Crippen molar-refractivity contribution in [3.8, 4) is 0 Å². The summed E-state index contributed by atoms with van der Waals surface area (Å²) >= 11 is 0. The standard InChI is InChI=1S/C13H30N2/c1-4-6-9-15(10-7-5-2)11-8-13(3)12-14/h13H,4-12,14H2,1-3H3. The molecule has 1 unspecified atom stereocenters. The van der Waals surface area contributed by atoms with Crippen LogP contribution < -0.4 is 5.73 Å². The molecule has 0 saturated heterocycles. The first kappa shape index (κ1) is 14.9. The Balaban J connectivity index is 3.67. The fraction of sp³-hybridized carbons (Fsp3) is 1.00. The van der Waals surface area contributed by atoms with Gasteiger partial charge in [-0.1, -0.05) is 33.6 Å². The second-order valence-electron chi connectivity index (χ2n) is 4.68. The quantitative estimate of drug-likeness (QED) is 0.606. The molecule has 2 N–H and O–H groups in total. The molecule has 0 aliphatic rings. The molecular weight excluding hydrogens is 184 g/mol. The van der Waals surface area contributed by atoms with E-state index in [-0.39, 0.29) is 0 Å². The van der Waals surface area contributed by atoms with Crippen molar-refractivity contribution in [2.24, 2.45) is 11.7 Å². The molecule has 2 heteroatoms. The van der Waals surface area contributed by atoms with Crippen molar-refractivity contribution in [3.05, 3.63) is 0 Å². The van der Waals surface area contributed by atoms with Gasteiger partial charge < -0.3 is 10.6 Å². The van der Waals surface area contributed by atoms with Crippen LogP contribution in [0.5, 0.6) is 0 Å². The molecule has 15 heavy (non-hydrogen) atoms. The molecule has 0 aliphatic carbocycles. The number of nitrogens with two attached hydrogens (primary N) is 1. The Morgan fingerprint density at radius 2 is 1.53 bits per heavy atom. The lowest BCUT2D eigenvalue weighted by Gasteiger charge is -2.23. The van der Waals surface area contributed by atoms with Gasteiger partial charge in [0, 0.05) is 0 Å². The summed E-state index contributed by atoms with van der Waals surface area (Å²) in [7, 11) is 0. The molecule has 1 atom stereocenters. The Hall–Kier alpha value is -0.0800. The topological polar surface area (TPSA) is 29.3 Å². The van der Waals surface area contributed by atoms with E-state index in [1.165, 1.54) is 51.7 Å². The van der Waals surface area contributed by atoms with Crippen LogP contribution in [0, 0.1) is 5.92 Å². The smallest absolute Gasteiger partial charge is 0.00157 e. The van der Waals surface area contributed by atoms with E-state index in [2.05, 4.69) is 25.7 Å². The number of unbranched alkanes of at least 4 members (excludes halogenated alkanes) is 2. The molecule has 2 nitrogen and oxygen atoms in total. The van der Waals surface area contributed by atoms with Crippen molar-refractivity contribution < 1.29 is 0 Å². The highest BCUT2D eigenvalue weighted by atomic mass is 15.1. The summed E-state index contributed by atoms with van der Waals surface area (Å²) in [5.74, 6) is 0.677. The summed E-state index contributed by atoms with van der Waals surface area (Å²) in [5.41, 5.74) is 5.64. The van der Waals surface area contributed by atoms with E-state index in [4.69, 9.17) is 5.73 Å². The van der Waals surface area contributed by atoms with Gasteiger partial charge in [-0.3, -0.25) is 0 Å². The van der Waals surface area contributed by atoms with Gasteiger partial charge in [-0.05, 0) is 51.4 Å². The number of hydrogen-bond acceptors (Lipinski definition) is 2. The van der Waals surface area contributed by atoms with E-state index in [9.17, 15) is 0 Å². The van der Waals surface area contributed by atoms with Gasteiger partial charge in [0.05, 0.1) is 0 Å². The summed E-state index contributed by atoms with van der Waals surface area (Å²) in [5, 5.41) is 0. The lowest BCUT2D eigenvalue weighted by atomic mass is 10.1. The summed E-state index contributed by atoms with van der Waals surface area (Å²) in [6.07, 6.45) is 6.52. The molecule has 0 fully saturated rings. The summed E-state index contributed by atoms with van der Waals surface area (Å²) in [6.45, 7) is 11.4. The SMILES string of the molecule is CCCCN(CCCC)CCC(C)CN. The largest absolute Gasteiger partial charge is 0.330 e. The van der Waals surface area contributed by atoms with Crippen LogP contribution in [-0.2, 0) is 0 Å². The fourth-order valence-electron chi connectivity index (χ4n) is 1.62. The Morgan fingerprint density at radius 3 is 1.93 bits per heavy atom. The van der Waals surface area contributed by atoms with Crippen LogP contribution in [0.2, 0.25) is 0 Å². The normalized spacial score (nSPS) is 13.4. The van der Waals surface area contributed by atoms with Crippen LogP contribution in [0.4, 0.5) is 0 Å². The Kier molecular flexibility index (Phi) is 10.4. The second-order valence-corrected chi connectivity index (χ2v) is 4.68. The predicted molar refractivity (Wildman–Crippen MR) is 69.1 cm³/mol. The minimum Gasteiger partial charge on any atom is -0.330 e. The third kappa shape index (κ3) is 8.88. The van der Waals surface area contributed by atoms with Gasteiger partial charge in [0.1, 0.15) is 0 Å². The van der Waals surface area contributed by atoms with Crippen LogP contribution in [-0.4, -0.2) is 31.1 Å². The van der Waals surface area contributed by atoms with Gasteiger partial charge >= 0.3 is 0 Å². The number of rotatable bonds is 10. The third-order valence-corrected chi connectivity index (χ3v) is 3.00. The zero-order chi connectivity index (χ0) is 11.5. The van der Waals surface area contributed by atoms with Gasteiger partial charge in [-0.2, -0.15) is 0 Å². The molecule has 0 aromatic rings. The molecule has 92 valence electrons. The fourth-order valence-corrected chi connectivity index (χ4v) is 1.62. The van der Waals surface area contributed by atoms with E-state index >= 15 is 0 Å². The summed E-state index contributed by atoms with van der Waals surface area (Å²) in [4.78, 5) is 2.61. The van der Waals surface area contributed by atoms with E-state index < -0.39 is 0 Å². The van der Waals surface area contributed by atoms with Crippen molar-refractivity contribution in [2.45, 2.75) is 52.9 Å². The van der Waals surface area contributed by atoms with E-state index in [0.717, 1.165) is 6.54 Å². The van der Waals surface area contributed by atoms with Crippen molar-refractivity contribution >= 4 is 0 Å². The van der Waals surface area contributed by atoms with Gasteiger partial charge in [0.25, 0.3) is 0 Å².